The van der Waals surface area contributed by atoms with Gasteiger partial charge in [-0.1, -0.05) is 11.8 Å². The van der Waals surface area contributed by atoms with Crippen molar-refractivity contribution in [3.63, 3.8) is 0 Å². The number of aliphatic hydroxyl groups is 1. The van der Waals surface area contributed by atoms with E-state index in [1.807, 2.05) is 6.07 Å². The van der Waals surface area contributed by atoms with Crippen molar-refractivity contribution in [2.45, 2.75) is 19.1 Å². The summed E-state index contributed by atoms with van der Waals surface area (Å²) < 4.78 is 0. The fraction of sp³-hybridized carbons (Fsp3) is 0.167. The molecule has 1 heterocycles. The van der Waals surface area contributed by atoms with Gasteiger partial charge in [0.1, 0.15) is 6.04 Å². The molecule has 2 rings (SSSR count). The van der Waals surface area contributed by atoms with E-state index in [-0.39, 0.29) is 0 Å². The van der Waals surface area contributed by atoms with Gasteiger partial charge in [0.25, 0.3) is 11.8 Å². The van der Waals surface area contributed by atoms with Crippen molar-refractivity contribution >= 4 is 11.8 Å². The Hall–Kier alpha value is -3.21. The summed E-state index contributed by atoms with van der Waals surface area (Å²) in [6, 6.07) is 8.81. The highest BCUT2D eigenvalue weighted by Crippen LogP contribution is 2.05. The van der Waals surface area contributed by atoms with E-state index >= 15 is 0 Å². The number of hydroxylamine groups is 1. The maximum absolute atomic E-state index is 12.1. The summed E-state index contributed by atoms with van der Waals surface area (Å²) in [6.07, 6.45) is 2.15. The van der Waals surface area contributed by atoms with Crippen LogP contribution in [0.5, 0.6) is 0 Å². The lowest BCUT2D eigenvalue weighted by molar-refractivity contribution is -0.133. The van der Waals surface area contributed by atoms with Gasteiger partial charge in [-0.25, -0.2) is 5.48 Å². The van der Waals surface area contributed by atoms with Gasteiger partial charge in [-0.05, 0) is 43.3 Å². The Labute approximate surface area is 144 Å². The number of carbonyl (C=O) groups is 2. The van der Waals surface area contributed by atoms with Crippen molar-refractivity contribution in [2.24, 2.45) is 0 Å². The van der Waals surface area contributed by atoms with Gasteiger partial charge in [-0.15, -0.1) is 0 Å². The number of benzene rings is 1. The van der Waals surface area contributed by atoms with E-state index in [2.05, 4.69) is 22.1 Å². The summed E-state index contributed by atoms with van der Waals surface area (Å²) in [6.45, 7) is 1.33. The number of hydrogen-bond acceptors (Lipinski definition) is 5. The summed E-state index contributed by atoms with van der Waals surface area (Å²) in [4.78, 5) is 27.5. The molecule has 0 radical (unpaired) electrons. The van der Waals surface area contributed by atoms with E-state index in [1.165, 1.54) is 12.4 Å². The fourth-order valence-corrected chi connectivity index (χ4v) is 1.99. The molecular formula is C18H17N3O4. The van der Waals surface area contributed by atoms with Crippen LogP contribution in [0.4, 0.5) is 0 Å². The lowest BCUT2D eigenvalue weighted by Crippen LogP contribution is -2.51. The van der Waals surface area contributed by atoms with E-state index in [9.17, 15) is 14.7 Å². The van der Waals surface area contributed by atoms with Gasteiger partial charge < -0.3 is 10.4 Å². The van der Waals surface area contributed by atoms with Gasteiger partial charge >= 0.3 is 0 Å². The first-order chi connectivity index (χ1) is 12.0. The number of nitrogens with zero attached hydrogens (tertiary/aromatic N) is 1. The molecule has 2 unspecified atom stereocenters. The lowest BCUT2D eigenvalue weighted by atomic mass is 10.1. The summed E-state index contributed by atoms with van der Waals surface area (Å²) in [5.41, 5.74) is 3.19. The zero-order chi connectivity index (χ0) is 18.2. The Balaban J connectivity index is 2.07. The van der Waals surface area contributed by atoms with Crippen LogP contribution in [0.25, 0.3) is 0 Å². The average Bonchev–Trinajstić information content (AvgIpc) is 2.64. The number of amides is 2. The zero-order valence-electron chi connectivity index (χ0n) is 13.4. The molecule has 25 heavy (non-hydrogen) atoms. The lowest BCUT2D eigenvalue weighted by Gasteiger charge is -2.19. The molecule has 1 aromatic carbocycles. The molecule has 0 saturated carbocycles. The minimum absolute atomic E-state index is 0.295. The van der Waals surface area contributed by atoms with Crippen LogP contribution in [0.2, 0.25) is 0 Å². The van der Waals surface area contributed by atoms with E-state index in [0.29, 0.717) is 11.1 Å². The second-order valence-electron chi connectivity index (χ2n) is 5.24. The standard InChI is InChI=1S/C18H17N3O4/c1-12(22)16(18(24)21-25)20-17(23)15-8-6-13(7-9-15)4-5-14-3-2-10-19-11-14/h2-3,6-12,16,22,25H,1H3,(H,20,23)(H,21,24). The Morgan fingerprint density at radius 3 is 2.36 bits per heavy atom. The van der Waals surface area contributed by atoms with Gasteiger partial charge in [0.05, 0.1) is 6.10 Å². The van der Waals surface area contributed by atoms with Crippen LogP contribution in [0, 0.1) is 11.8 Å². The molecule has 2 amide bonds. The first-order valence-electron chi connectivity index (χ1n) is 7.46. The number of carbonyl (C=O) groups excluding carboxylic acids is 2. The number of hydrogen-bond donors (Lipinski definition) is 4. The first-order valence-corrected chi connectivity index (χ1v) is 7.46. The van der Waals surface area contributed by atoms with Crippen molar-refractivity contribution in [2.75, 3.05) is 0 Å². The van der Waals surface area contributed by atoms with E-state index < -0.39 is 24.0 Å². The van der Waals surface area contributed by atoms with Gasteiger partial charge in [-0.2, -0.15) is 0 Å². The molecule has 0 aliphatic rings. The molecule has 0 spiro atoms. The van der Waals surface area contributed by atoms with Gasteiger partial charge in [0.15, 0.2) is 0 Å². The van der Waals surface area contributed by atoms with Gasteiger partial charge in [-0.3, -0.25) is 19.8 Å². The van der Waals surface area contributed by atoms with Crippen LogP contribution in [0.3, 0.4) is 0 Å². The van der Waals surface area contributed by atoms with Crippen LogP contribution in [-0.2, 0) is 4.79 Å². The minimum atomic E-state index is -1.26. The average molecular weight is 339 g/mol. The summed E-state index contributed by atoms with van der Waals surface area (Å²) in [5.74, 6) is 4.45. The van der Waals surface area contributed by atoms with Crippen molar-refractivity contribution < 1.29 is 19.9 Å². The smallest absolute Gasteiger partial charge is 0.268 e. The molecule has 1 aromatic heterocycles. The molecule has 2 atom stereocenters. The molecule has 4 N–H and O–H groups in total. The van der Waals surface area contributed by atoms with Crippen molar-refractivity contribution in [1.82, 2.24) is 15.8 Å². The third kappa shape index (κ3) is 5.14. The van der Waals surface area contributed by atoms with Gasteiger partial charge in [0.2, 0.25) is 0 Å². The topological polar surface area (TPSA) is 112 Å². The fourth-order valence-electron chi connectivity index (χ4n) is 1.99. The molecular weight excluding hydrogens is 322 g/mol. The van der Waals surface area contributed by atoms with E-state index in [1.54, 1.807) is 42.7 Å². The summed E-state index contributed by atoms with van der Waals surface area (Å²) >= 11 is 0. The van der Waals surface area contributed by atoms with Crippen LogP contribution >= 0.6 is 0 Å². The van der Waals surface area contributed by atoms with Crippen LogP contribution in [-0.4, -0.2) is 39.3 Å². The molecule has 0 fully saturated rings. The quantitative estimate of drug-likeness (QED) is 0.367. The minimum Gasteiger partial charge on any atom is -0.391 e. The van der Waals surface area contributed by atoms with Crippen LogP contribution in [0.1, 0.15) is 28.4 Å². The number of pyridine rings is 1. The predicted molar refractivity (Wildman–Crippen MR) is 89.5 cm³/mol. The molecule has 0 aliphatic heterocycles. The number of aromatic nitrogens is 1. The molecule has 7 heteroatoms. The Bertz CT molecular complexity index is 793. The van der Waals surface area contributed by atoms with Crippen molar-refractivity contribution in [3.8, 4) is 11.8 Å². The highest BCUT2D eigenvalue weighted by Gasteiger charge is 2.25. The van der Waals surface area contributed by atoms with Crippen LogP contribution < -0.4 is 10.8 Å². The third-order valence-corrected chi connectivity index (χ3v) is 3.32. The third-order valence-electron chi connectivity index (χ3n) is 3.32. The summed E-state index contributed by atoms with van der Waals surface area (Å²) in [5, 5.41) is 20.5. The molecule has 0 aliphatic carbocycles. The van der Waals surface area contributed by atoms with Gasteiger partial charge in [0, 0.05) is 29.1 Å². The number of aliphatic hydroxyl groups excluding tert-OH is 1. The summed E-state index contributed by atoms with van der Waals surface area (Å²) in [7, 11) is 0. The molecule has 2 aromatic rings. The Morgan fingerprint density at radius 2 is 1.80 bits per heavy atom. The monoisotopic (exact) mass is 339 g/mol. The highest BCUT2D eigenvalue weighted by atomic mass is 16.5. The second kappa shape index (κ2) is 8.59. The molecule has 7 nitrogen and oxygen atoms in total. The second-order valence-corrected chi connectivity index (χ2v) is 5.24. The highest BCUT2D eigenvalue weighted by molar-refractivity contribution is 5.97. The zero-order valence-corrected chi connectivity index (χ0v) is 13.4. The Kier molecular flexibility index (Phi) is 6.23. The molecule has 0 bridgehead atoms. The van der Waals surface area contributed by atoms with Crippen LogP contribution in [0.15, 0.2) is 48.8 Å². The normalized spacial score (nSPS) is 12.3. The first kappa shape index (κ1) is 18.1. The Morgan fingerprint density at radius 1 is 1.12 bits per heavy atom. The molecule has 0 saturated heterocycles. The SMILES string of the molecule is CC(O)C(NC(=O)c1ccc(C#Cc2cccnc2)cc1)C(=O)NO. The van der Waals surface area contributed by atoms with Crippen molar-refractivity contribution in [1.29, 1.82) is 0 Å². The predicted octanol–water partition coefficient (Wildman–Crippen LogP) is 0.466. The number of nitrogens with one attached hydrogen (secondary N) is 2. The van der Waals surface area contributed by atoms with E-state index in [4.69, 9.17) is 5.21 Å². The maximum Gasteiger partial charge on any atom is 0.268 e. The number of rotatable bonds is 4. The maximum atomic E-state index is 12.1. The largest absolute Gasteiger partial charge is 0.391 e. The van der Waals surface area contributed by atoms with E-state index in [0.717, 1.165) is 5.56 Å². The molecule has 128 valence electrons. The van der Waals surface area contributed by atoms with Crippen molar-refractivity contribution in [3.05, 3.63) is 65.5 Å².